The number of rotatable bonds is 6. The summed E-state index contributed by atoms with van der Waals surface area (Å²) < 4.78 is 5.54. The first-order valence-corrected chi connectivity index (χ1v) is 6.82. The highest BCUT2D eigenvalue weighted by molar-refractivity contribution is 5.14. The molecule has 0 radical (unpaired) electrons. The molecule has 1 heterocycles. The molecule has 1 atom stereocenters. The van der Waals surface area contributed by atoms with Crippen LogP contribution in [0.15, 0.2) is 30.3 Å². The lowest BCUT2D eigenvalue weighted by Crippen LogP contribution is -2.42. The van der Waals surface area contributed by atoms with Crippen LogP contribution < -0.4 is 5.73 Å². The van der Waals surface area contributed by atoms with E-state index >= 15 is 0 Å². The van der Waals surface area contributed by atoms with Crippen LogP contribution in [-0.2, 0) is 11.3 Å². The molecule has 0 saturated carbocycles. The lowest BCUT2D eigenvalue weighted by atomic mass is 9.86. The Morgan fingerprint density at radius 2 is 2.11 bits per heavy atom. The minimum atomic E-state index is 0.171. The van der Waals surface area contributed by atoms with Crippen LogP contribution >= 0.6 is 0 Å². The van der Waals surface area contributed by atoms with Gasteiger partial charge in [0.25, 0.3) is 0 Å². The SMILES string of the molecule is CCN(Cc1ccccc1)CC1(CN)CCOC1. The van der Waals surface area contributed by atoms with Gasteiger partial charge < -0.3 is 10.5 Å². The van der Waals surface area contributed by atoms with Crippen LogP contribution in [0.5, 0.6) is 0 Å². The van der Waals surface area contributed by atoms with Gasteiger partial charge in [0.15, 0.2) is 0 Å². The number of nitrogens with zero attached hydrogens (tertiary/aromatic N) is 1. The summed E-state index contributed by atoms with van der Waals surface area (Å²) in [7, 11) is 0. The molecular weight excluding hydrogens is 224 g/mol. The highest BCUT2D eigenvalue weighted by Gasteiger charge is 2.34. The van der Waals surface area contributed by atoms with Crippen molar-refractivity contribution in [1.29, 1.82) is 0 Å². The van der Waals surface area contributed by atoms with E-state index in [2.05, 4.69) is 42.2 Å². The van der Waals surface area contributed by atoms with Gasteiger partial charge in [0.2, 0.25) is 0 Å². The number of benzene rings is 1. The molecule has 1 unspecified atom stereocenters. The fourth-order valence-corrected chi connectivity index (χ4v) is 2.60. The van der Waals surface area contributed by atoms with E-state index in [1.54, 1.807) is 0 Å². The molecule has 18 heavy (non-hydrogen) atoms. The van der Waals surface area contributed by atoms with Crippen molar-refractivity contribution >= 4 is 0 Å². The van der Waals surface area contributed by atoms with E-state index in [9.17, 15) is 0 Å². The molecule has 1 aliphatic rings. The number of nitrogens with two attached hydrogens (primary N) is 1. The van der Waals surface area contributed by atoms with Gasteiger partial charge in [0, 0.05) is 31.7 Å². The van der Waals surface area contributed by atoms with Crippen LogP contribution in [0.2, 0.25) is 0 Å². The van der Waals surface area contributed by atoms with Crippen molar-refractivity contribution in [1.82, 2.24) is 4.90 Å². The Bertz CT molecular complexity index is 347. The minimum absolute atomic E-state index is 0.171. The summed E-state index contributed by atoms with van der Waals surface area (Å²) in [6.07, 6.45) is 1.09. The molecule has 0 aromatic heterocycles. The second-order valence-corrected chi connectivity index (χ2v) is 5.30. The van der Waals surface area contributed by atoms with Crippen molar-refractivity contribution in [3.05, 3.63) is 35.9 Å². The van der Waals surface area contributed by atoms with E-state index in [-0.39, 0.29) is 5.41 Å². The van der Waals surface area contributed by atoms with Gasteiger partial charge >= 0.3 is 0 Å². The molecule has 0 bridgehead atoms. The summed E-state index contributed by atoms with van der Waals surface area (Å²) in [5, 5.41) is 0. The Kier molecular flexibility index (Phi) is 4.75. The second-order valence-electron chi connectivity index (χ2n) is 5.30. The van der Waals surface area contributed by atoms with Gasteiger partial charge in [-0.3, -0.25) is 4.90 Å². The number of hydrogen-bond acceptors (Lipinski definition) is 3. The van der Waals surface area contributed by atoms with Gasteiger partial charge in [-0.15, -0.1) is 0 Å². The fourth-order valence-electron chi connectivity index (χ4n) is 2.60. The van der Waals surface area contributed by atoms with Crippen molar-refractivity contribution < 1.29 is 4.74 Å². The molecule has 0 amide bonds. The predicted octanol–water partition coefficient (Wildman–Crippen LogP) is 1.87. The topological polar surface area (TPSA) is 38.5 Å². The summed E-state index contributed by atoms with van der Waals surface area (Å²) in [6.45, 7) is 7.70. The molecule has 0 aliphatic carbocycles. The van der Waals surface area contributed by atoms with E-state index in [1.165, 1.54) is 5.56 Å². The zero-order valence-electron chi connectivity index (χ0n) is 11.3. The quantitative estimate of drug-likeness (QED) is 0.835. The molecule has 3 nitrogen and oxygen atoms in total. The monoisotopic (exact) mass is 248 g/mol. The maximum atomic E-state index is 5.96. The number of ether oxygens (including phenoxy) is 1. The van der Waals surface area contributed by atoms with E-state index in [1.807, 2.05) is 0 Å². The van der Waals surface area contributed by atoms with Crippen molar-refractivity contribution in [2.75, 3.05) is 32.8 Å². The number of hydrogen-bond donors (Lipinski definition) is 1. The van der Waals surface area contributed by atoms with E-state index in [4.69, 9.17) is 10.5 Å². The first-order valence-electron chi connectivity index (χ1n) is 6.82. The lowest BCUT2D eigenvalue weighted by Gasteiger charge is -2.32. The van der Waals surface area contributed by atoms with Gasteiger partial charge in [-0.05, 0) is 18.5 Å². The molecule has 100 valence electrons. The summed E-state index contributed by atoms with van der Waals surface area (Å²) in [4.78, 5) is 2.47. The smallest absolute Gasteiger partial charge is 0.0547 e. The molecule has 0 spiro atoms. The van der Waals surface area contributed by atoms with E-state index in [0.717, 1.165) is 45.8 Å². The predicted molar refractivity (Wildman–Crippen MR) is 74.3 cm³/mol. The van der Waals surface area contributed by atoms with Crippen LogP contribution in [0.3, 0.4) is 0 Å². The lowest BCUT2D eigenvalue weighted by molar-refractivity contribution is 0.114. The largest absolute Gasteiger partial charge is 0.381 e. The molecule has 1 aromatic rings. The van der Waals surface area contributed by atoms with E-state index < -0.39 is 0 Å². The summed E-state index contributed by atoms with van der Waals surface area (Å²) in [5.41, 5.74) is 7.50. The highest BCUT2D eigenvalue weighted by atomic mass is 16.5. The third-order valence-electron chi connectivity index (χ3n) is 3.87. The molecular formula is C15H24N2O. The first kappa shape index (κ1) is 13.5. The molecule has 1 aromatic carbocycles. The Hall–Kier alpha value is -0.900. The maximum absolute atomic E-state index is 5.96. The van der Waals surface area contributed by atoms with Crippen molar-refractivity contribution in [3.63, 3.8) is 0 Å². The molecule has 1 aliphatic heterocycles. The van der Waals surface area contributed by atoms with Crippen LogP contribution in [0.1, 0.15) is 18.9 Å². The van der Waals surface area contributed by atoms with Crippen LogP contribution in [0.4, 0.5) is 0 Å². The molecule has 2 rings (SSSR count). The second kappa shape index (κ2) is 6.32. The van der Waals surface area contributed by atoms with Crippen molar-refractivity contribution in [3.8, 4) is 0 Å². The average molecular weight is 248 g/mol. The summed E-state index contributed by atoms with van der Waals surface area (Å²) >= 11 is 0. The van der Waals surface area contributed by atoms with Crippen LogP contribution in [0, 0.1) is 5.41 Å². The van der Waals surface area contributed by atoms with Crippen LogP contribution in [-0.4, -0.2) is 37.7 Å². The minimum Gasteiger partial charge on any atom is -0.381 e. The third kappa shape index (κ3) is 3.31. The van der Waals surface area contributed by atoms with Crippen LogP contribution in [0.25, 0.3) is 0 Å². The molecule has 1 fully saturated rings. The maximum Gasteiger partial charge on any atom is 0.0547 e. The zero-order valence-corrected chi connectivity index (χ0v) is 11.3. The molecule has 2 N–H and O–H groups in total. The summed E-state index contributed by atoms with van der Waals surface area (Å²) in [5.74, 6) is 0. The fraction of sp³-hybridized carbons (Fsp3) is 0.600. The van der Waals surface area contributed by atoms with Gasteiger partial charge in [0.1, 0.15) is 0 Å². The normalized spacial score (nSPS) is 23.7. The Balaban J connectivity index is 1.96. The third-order valence-corrected chi connectivity index (χ3v) is 3.87. The van der Waals surface area contributed by atoms with Gasteiger partial charge in [-0.1, -0.05) is 37.3 Å². The average Bonchev–Trinajstić information content (AvgIpc) is 2.88. The standard InChI is InChI=1S/C15H24N2O/c1-2-17(10-14-6-4-3-5-7-14)12-15(11-16)8-9-18-13-15/h3-7H,2,8-13,16H2,1H3. The first-order chi connectivity index (χ1) is 8.78. The van der Waals surface area contributed by atoms with E-state index in [0.29, 0.717) is 0 Å². The summed E-state index contributed by atoms with van der Waals surface area (Å²) in [6, 6.07) is 10.6. The Morgan fingerprint density at radius 1 is 1.33 bits per heavy atom. The zero-order chi connectivity index (χ0) is 12.8. The van der Waals surface area contributed by atoms with Gasteiger partial charge in [0.05, 0.1) is 6.61 Å². The van der Waals surface area contributed by atoms with Crippen molar-refractivity contribution in [2.45, 2.75) is 19.9 Å². The molecule has 3 heteroatoms. The van der Waals surface area contributed by atoms with Gasteiger partial charge in [-0.25, -0.2) is 0 Å². The Labute approximate surface area is 110 Å². The van der Waals surface area contributed by atoms with Crippen molar-refractivity contribution in [2.24, 2.45) is 11.1 Å². The van der Waals surface area contributed by atoms with Gasteiger partial charge in [-0.2, -0.15) is 0 Å². The molecule has 1 saturated heterocycles. The highest BCUT2D eigenvalue weighted by Crippen LogP contribution is 2.28. The Morgan fingerprint density at radius 3 is 2.67 bits per heavy atom.